The first-order chi connectivity index (χ1) is 17.2. The predicted octanol–water partition coefficient (Wildman–Crippen LogP) is 3.99. The van der Waals surface area contributed by atoms with E-state index < -0.39 is 0 Å². The maximum Gasteiger partial charge on any atom is 2.00 e. The normalized spacial score (nSPS) is 16.6. The molecule has 0 aromatic heterocycles. The minimum absolute atomic E-state index is 0. The summed E-state index contributed by atoms with van der Waals surface area (Å²) in [6.07, 6.45) is 2.32. The second kappa shape index (κ2) is 11.7. The molecule has 4 aromatic carbocycles. The van der Waals surface area contributed by atoms with Gasteiger partial charge in [0.05, 0.1) is 0 Å². The Balaban J connectivity index is 0.00000140. The summed E-state index contributed by atoms with van der Waals surface area (Å²) in [6.45, 7) is 14.1. The SMILES string of the molecule is CC(C)(C)c1cccc2c1-c1ccccc1C2CCC1c2ccccc2-c2c1cccc2C(C)(C)C.[Cl-].[Cl-].[Hf+2]. The van der Waals surface area contributed by atoms with Crippen molar-refractivity contribution in [3.8, 4) is 22.3 Å². The molecule has 6 rings (SSSR count). The molecular weight excluding hydrogens is 682 g/mol. The van der Waals surface area contributed by atoms with Gasteiger partial charge in [-0.25, -0.2) is 0 Å². The molecule has 2 aliphatic rings. The monoisotopic (exact) mass is 720 g/mol. The molecule has 0 bridgehead atoms. The van der Waals surface area contributed by atoms with E-state index in [2.05, 4.69) is 126 Å². The van der Waals surface area contributed by atoms with Crippen LogP contribution in [0.3, 0.4) is 0 Å². The fourth-order valence-electron chi connectivity index (χ4n) is 6.92. The van der Waals surface area contributed by atoms with E-state index in [1.54, 1.807) is 0 Å². The van der Waals surface area contributed by atoms with Crippen molar-refractivity contribution < 1.29 is 50.7 Å². The average Bonchev–Trinajstić information content (AvgIpc) is 3.34. The molecule has 0 N–H and O–H groups in total. The van der Waals surface area contributed by atoms with Gasteiger partial charge >= 0.3 is 25.8 Å². The zero-order valence-electron chi connectivity index (χ0n) is 23.9. The second-order valence-corrected chi connectivity index (χ2v) is 12.9. The molecule has 2 atom stereocenters. The Hall–Kier alpha value is -1.67. The van der Waals surface area contributed by atoms with Gasteiger partial charge in [0.25, 0.3) is 0 Å². The third-order valence-electron chi connectivity index (χ3n) is 8.52. The van der Waals surface area contributed by atoms with E-state index in [9.17, 15) is 0 Å². The number of benzene rings is 4. The molecule has 3 heteroatoms. The summed E-state index contributed by atoms with van der Waals surface area (Å²) in [5, 5.41) is 0. The number of fused-ring (bicyclic) bond motifs is 6. The number of halogens is 2. The average molecular weight is 720 g/mol. The fraction of sp³-hybridized carbons (Fsp3) is 0.333. The van der Waals surface area contributed by atoms with Gasteiger partial charge in [-0.1, -0.05) is 126 Å². The maximum absolute atomic E-state index is 2.39. The van der Waals surface area contributed by atoms with Crippen LogP contribution in [0.4, 0.5) is 0 Å². The van der Waals surface area contributed by atoms with Crippen LogP contribution in [0.2, 0.25) is 0 Å². The fourth-order valence-corrected chi connectivity index (χ4v) is 6.92. The molecule has 2 unspecified atom stereocenters. The van der Waals surface area contributed by atoms with Crippen LogP contribution in [0.15, 0.2) is 84.9 Å². The van der Waals surface area contributed by atoms with Crippen molar-refractivity contribution in [2.75, 3.05) is 0 Å². The molecular formula is C36H38Cl2Hf. The molecule has 0 nitrogen and oxygen atoms in total. The standard InChI is InChI=1S/C36H38.2ClH.Hf/c1-35(2,3)31-19-11-17-29-25(23-13-7-9-15-27(23)33(29)31)21-22-26-24-14-8-10-16-28(24)34-30(26)18-12-20-32(34)36(4,5)6;;;/h7-20,25-26H,21-22H2,1-6H3;2*1H;/q;;;+2/p-2. The van der Waals surface area contributed by atoms with Gasteiger partial charge in [0.2, 0.25) is 0 Å². The molecule has 2 aliphatic carbocycles. The summed E-state index contributed by atoms with van der Waals surface area (Å²) in [4.78, 5) is 0. The van der Waals surface area contributed by atoms with E-state index in [0.717, 1.165) is 12.8 Å². The van der Waals surface area contributed by atoms with E-state index in [4.69, 9.17) is 0 Å². The van der Waals surface area contributed by atoms with Gasteiger partial charge in [-0.3, -0.25) is 0 Å². The van der Waals surface area contributed by atoms with E-state index in [1.165, 1.54) is 55.6 Å². The van der Waals surface area contributed by atoms with Gasteiger partial charge < -0.3 is 24.8 Å². The van der Waals surface area contributed by atoms with Crippen LogP contribution in [0, 0.1) is 0 Å². The largest absolute Gasteiger partial charge is 2.00 e. The van der Waals surface area contributed by atoms with Crippen LogP contribution in [0.1, 0.15) is 99.6 Å². The van der Waals surface area contributed by atoms with Crippen molar-refractivity contribution in [2.24, 2.45) is 0 Å². The molecule has 0 heterocycles. The summed E-state index contributed by atoms with van der Waals surface area (Å²) in [5.74, 6) is 0.918. The molecule has 0 amide bonds. The quantitative estimate of drug-likeness (QED) is 0.281. The Morgan fingerprint density at radius 1 is 0.462 bits per heavy atom. The summed E-state index contributed by atoms with van der Waals surface area (Å²) < 4.78 is 0. The van der Waals surface area contributed by atoms with Gasteiger partial charge in [0.15, 0.2) is 0 Å². The minimum atomic E-state index is 0. The van der Waals surface area contributed by atoms with Crippen LogP contribution < -0.4 is 24.8 Å². The third-order valence-corrected chi connectivity index (χ3v) is 8.52. The van der Waals surface area contributed by atoms with Gasteiger partial charge in [-0.15, -0.1) is 0 Å². The predicted molar refractivity (Wildman–Crippen MR) is 154 cm³/mol. The van der Waals surface area contributed by atoms with E-state index >= 15 is 0 Å². The van der Waals surface area contributed by atoms with E-state index in [0.29, 0.717) is 11.8 Å². The Bertz CT molecular complexity index is 1360. The first kappa shape index (κ1) is 31.9. The van der Waals surface area contributed by atoms with Crippen molar-refractivity contribution in [3.63, 3.8) is 0 Å². The first-order valence-corrected chi connectivity index (χ1v) is 13.6. The molecule has 0 fully saturated rings. The van der Waals surface area contributed by atoms with Gasteiger partial charge in [0, 0.05) is 11.8 Å². The third kappa shape index (κ3) is 5.37. The molecule has 39 heavy (non-hydrogen) atoms. The van der Waals surface area contributed by atoms with Crippen molar-refractivity contribution >= 4 is 0 Å². The van der Waals surface area contributed by atoms with Crippen molar-refractivity contribution in [1.29, 1.82) is 0 Å². The summed E-state index contributed by atoms with van der Waals surface area (Å²) in [5.41, 5.74) is 15.2. The van der Waals surface area contributed by atoms with E-state index in [-0.39, 0.29) is 61.5 Å². The molecule has 4 aromatic rings. The number of hydrogen-bond acceptors (Lipinski definition) is 0. The van der Waals surface area contributed by atoms with Crippen molar-refractivity contribution in [2.45, 2.75) is 77.0 Å². The van der Waals surface area contributed by atoms with Gasteiger partial charge in [-0.05, 0) is 79.3 Å². The molecule has 0 saturated carbocycles. The Morgan fingerprint density at radius 3 is 1.15 bits per heavy atom. The molecule has 0 saturated heterocycles. The van der Waals surface area contributed by atoms with Crippen LogP contribution in [-0.2, 0) is 36.7 Å². The van der Waals surface area contributed by atoms with Crippen LogP contribution in [0.25, 0.3) is 22.3 Å². The first-order valence-electron chi connectivity index (χ1n) is 13.6. The van der Waals surface area contributed by atoms with Crippen LogP contribution in [0.5, 0.6) is 0 Å². The van der Waals surface area contributed by atoms with E-state index in [1.807, 2.05) is 0 Å². The Labute approximate surface area is 266 Å². The summed E-state index contributed by atoms with van der Waals surface area (Å²) in [6, 6.07) is 32.4. The smallest absolute Gasteiger partial charge is 1.00 e. The minimum Gasteiger partial charge on any atom is -1.00 e. The maximum atomic E-state index is 2.39. The van der Waals surface area contributed by atoms with Crippen molar-refractivity contribution in [1.82, 2.24) is 0 Å². The summed E-state index contributed by atoms with van der Waals surface area (Å²) >= 11 is 0. The van der Waals surface area contributed by atoms with Crippen LogP contribution in [-0.4, -0.2) is 0 Å². The zero-order chi connectivity index (χ0) is 25.2. The molecule has 0 aliphatic heterocycles. The molecule has 0 spiro atoms. The Morgan fingerprint density at radius 2 is 0.795 bits per heavy atom. The number of hydrogen-bond donors (Lipinski definition) is 0. The Kier molecular flexibility index (Phi) is 9.53. The number of rotatable bonds is 3. The van der Waals surface area contributed by atoms with Crippen LogP contribution >= 0.6 is 0 Å². The molecule has 200 valence electrons. The van der Waals surface area contributed by atoms with Crippen molar-refractivity contribution in [3.05, 3.63) is 118 Å². The molecule has 0 radical (unpaired) electrons. The zero-order valence-corrected chi connectivity index (χ0v) is 29.0. The van der Waals surface area contributed by atoms with Gasteiger partial charge in [0.1, 0.15) is 0 Å². The second-order valence-electron chi connectivity index (χ2n) is 12.9. The topological polar surface area (TPSA) is 0 Å². The van der Waals surface area contributed by atoms with Gasteiger partial charge in [-0.2, -0.15) is 0 Å². The summed E-state index contributed by atoms with van der Waals surface area (Å²) in [7, 11) is 0.